The lowest BCUT2D eigenvalue weighted by molar-refractivity contribution is -0.119. The Kier molecular flexibility index (Phi) is 6.38. The summed E-state index contributed by atoms with van der Waals surface area (Å²) >= 11 is 1.45. The van der Waals surface area contributed by atoms with Crippen LogP contribution in [0.15, 0.2) is 41.8 Å². The number of amides is 1. The Morgan fingerprint density at radius 2 is 1.96 bits per heavy atom. The first-order chi connectivity index (χ1) is 12.5. The minimum absolute atomic E-state index is 0.0288. The number of carbonyl (C=O) groups excluding carboxylic acids is 1. The summed E-state index contributed by atoms with van der Waals surface area (Å²) in [5.41, 5.74) is 2.36. The molecule has 0 bridgehead atoms. The van der Waals surface area contributed by atoms with Crippen LogP contribution in [0.25, 0.3) is 5.69 Å². The van der Waals surface area contributed by atoms with Crippen molar-refractivity contribution in [3.05, 3.63) is 42.2 Å². The number of carbonyl (C=O) groups is 1. The van der Waals surface area contributed by atoms with Gasteiger partial charge in [0.1, 0.15) is 0 Å². The summed E-state index contributed by atoms with van der Waals surface area (Å²) in [6.07, 6.45) is 6.74. The number of aliphatic hydroxyl groups excluding tert-OH is 1. The quantitative estimate of drug-likeness (QED) is 0.761. The van der Waals surface area contributed by atoms with Crippen molar-refractivity contribution in [2.75, 3.05) is 5.75 Å². The van der Waals surface area contributed by atoms with Gasteiger partial charge in [-0.1, -0.05) is 37.7 Å². The number of hydrogen-bond donors (Lipinski definition) is 2. The van der Waals surface area contributed by atoms with E-state index in [4.69, 9.17) is 0 Å². The molecule has 0 atom stereocenters. The van der Waals surface area contributed by atoms with Crippen LogP contribution in [-0.2, 0) is 4.79 Å². The van der Waals surface area contributed by atoms with Crippen LogP contribution in [0.2, 0.25) is 0 Å². The van der Waals surface area contributed by atoms with Gasteiger partial charge in [-0.05, 0) is 49.3 Å². The van der Waals surface area contributed by atoms with Crippen molar-refractivity contribution in [1.82, 2.24) is 14.9 Å². The second-order valence-electron chi connectivity index (χ2n) is 7.19. The number of aromatic nitrogens is 2. The van der Waals surface area contributed by atoms with Crippen LogP contribution in [0, 0.1) is 0 Å². The topological polar surface area (TPSA) is 67.2 Å². The summed E-state index contributed by atoms with van der Waals surface area (Å²) in [4.78, 5) is 16.6. The fourth-order valence-corrected chi connectivity index (χ4v) is 4.02. The predicted octanol–water partition coefficient (Wildman–Crippen LogP) is 3.51. The highest BCUT2D eigenvalue weighted by molar-refractivity contribution is 7.99. The van der Waals surface area contributed by atoms with Crippen molar-refractivity contribution in [3.8, 4) is 5.69 Å². The minimum Gasteiger partial charge on any atom is -0.393 e. The van der Waals surface area contributed by atoms with Crippen LogP contribution in [-0.4, -0.2) is 38.5 Å². The lowest BCUT2D eigenvalue weighted by Crippen LogP contribution is -2.39. The molecular weight excluding hydrogens is 346 g/mol. The van der Waals surface area contributed by atoms with E-state index in [0.29, 0.717) is 11.7 Å². The van der Waals surface area contributed by atoms with Crippen molar-refractivity contribution in [2.45, 2.75) is 62.8 Å². The number of imidazole rings is 1. The summed E-state index contributed by atoms with van der Waals surface area (Å²) in [5, 5.41) is 13.4. The molecule has 1 heterocycles. The fourth-order valence-electron chi connectivity index (χ4n) is 3.23. The molecule has 1 fully saturated rings. The number of rotatable bonds is 6. The molecule has 1 aliphatic carbocycles. The predicted molar refractivity (Wildman–Crippen MR) is 105 cm³/mol. The number of benzene rings is 1. The van der Waals surface area contributed by atoms with Gasteiger partial charge in [0.05, 0.1) is 11.9 Å². The third-order valence-corrected chi connectivity index (χ3v) is 5.81. The number of nitrogens with one attached hydrogen (secondary N) is 1. The van der Waals surface area contributed by atoms with Crippen LogP contribution in [0.1, 0.15) is 51.0 Å². The molecule has 1 aromatic heterocycles. The summed E-state index contributed by atoms with van der Waals surface area (Å²) < 4.78 is 2.01. The van der Waals surface area contributed by atoms with Crippen LogP contribution in [0.5, 0.6) is 0 Å². The molecule has 1 aliphatic rings. The molecule has 3 rings (SSSR count). The minimum atomic E-state index is -0.202. The van der Waals surface area contributed by atoms with Gasteiger partial charge in [0.2, 0.25) is 5.91 Å². The van der Waals surface area contributed by atoms with E-state index in [0.717, 1.165) is 36.5 Å². The number of hydrogen-bond acceptors (Lipinski definition) is 4. The van der Waals surface area contributed by atoms with Crippen molar-refractivity contribution >= 4 is 17.7 Å². The lowest BCUT2D eigenvalue weighted by atomic mass is 9.93. The lowest BCUT2D eigenvalue weighted by Gasteiger charge is -2.26. The van der Waals surface area contributed by atoms with Gasteiger partial charge in [0.15, 0.2) is 5.16 Å². The summed E-state index contributed by atoms with van der Waals surface area (Å²) in [6, 6.07) is 8.65. The smallest absolute Gasteiger partial charge is 0.230 e. The van der Waals surface area contributed by atoms with Gasteiger partial charge in [0.25, 0.3) is 0 Å². The fraction of sp³-hybridized carbons (Fsp3) is 0.500. The van der Waals surface area contributed by atoms with E-state index in [2.05, 4.69) is 48.4 Å². The third-order valence-electron chi connectivity index (χ3n) is 4.84. The Morgan fingerprint density at radius 3 is 2.62 bits per heavy atom. The summed E-state index contributed by atoms with van der Waals surface area (Å²) in [6.45, 7) is 4.36. The van der Waals surface area contributed by atoms with E-state index in [1.807, 2.05) is 10.8 Å². The van der Waals surface area contributed by atoms with Crippen LogP contribution >= 0.6 is 11.8 Å². The van der Waals surface area contributed by atoms with Crippen molar-refractivity contribution in [2.24, 2.45) is 0 Å². The van der Waals surface area contributed by atoms with Gasteiger partial charge in [-0.3, -0.25) is 9.36 Å². The van der Waals surface area contributed by atoms with Gasteiger partial charge in [-0.25, -0.2) is 4.98 Å². The van der Waals surface area contributed by atoms with E-state index < -0.39 is 0 Å². The monoisotopic (exact) mass is 373 g/mol. The Hall–Kier alpha value is -1.79. The zero-order valence-corrected chi connectivity index (χ0v) is 16.2. The van der Waals surface area contributed by atoms with Crippen LogP contribution in [0.4, 0.5) is 0 Å². The Balaban J connectivity index is 1.56. The highest BCUT2D eigenvalue weighted by atomic mass is 32.2. The summed E-state index contributed by atoms with van der Waals surface area (Å²) in [7, 11) is 0. The van der Waals surface area contributed by atoms with Crippen molar-refractivity contribution in [3.63, 3.8) is 0 Å². The first-order valence-corrected chi connectivity index (χ1v) is 10.3. The molecule has 0 aliphatic heterocycles. The first kappa shape index (κ1) is 19.0. The largest absolute Gasteiger partial charge is 0.393 e. The zero-order valence-electron chi connectivity index (χ0n) is 15.4. The molecule has 0 radical (unpaired) electrons. The van der Waals surface area contributed by atoms with Gasteiger partial charge in [0, 0.05) is 24.1 Å². The molecule has 1 aromatic carbocycles. The zero-order chi connectivity index (χ0) is 18.5. The molecule has 2 N–H and O–H groups in total. The van der Waals surface area contributed by atoms with E-state index >= 15 is 0 Å². The average molecular weight is 374 g/mol. The van der Waals surface area contributed by atoms with Crippen LogP contribution < -0.4 is 5.32 Å². The first-order valence-electron chi connectivity index (χ1n) is 9.27. The maximum absolute atomic E-state index is 12.2. The summed E-state index contributed by atoms with van der Waals surface area (Å²) in [5.74, 6) is 0.881. The number of aliphatic hydroxyl groups is 1. The molecule has 1 amide bonds. The molecule has 2 aromatic rings. The number of nitrogens with zero attached hydrogens (tertiary/aromatic N) is 2. The molecule has 6 heteroatoms. The normalized spacial score (nSPS) is 20.3. The second-order valence-corrected chi connectivity index (χ2v) is 8.13. The van der Waals surface area contributed by atoms with Crippen LogP contribution in [0.3, 0.4) is 0 Å². The maximum atomic E-state index is 12.2. The standard InChI is InChI=1S/C20H27N3O2S/c1-14(2)15-3-7-17(8-4-15)23-12-11-21-20(23)26-13-19(25)22-16-5-9-18(24)10-6-16/h3-4,7-8,11-12,14,16,18,24H,5-6,9-10,13H2,1-2H3,(H,22,25). The SMILES string of the molecule is CC(C)c1ccc(-n2ccnc2SCC(=O)NC2CCC(O)CC2)cc1. The number of thioether (sulfide) groups is 1. The van der Waals surface area contributed by atoms with E-state index in [9.17, 15) is 9.90 Å². The molecular formula is C20H27N3O2S. The Labute approximate surface area is 159 Å². The van der Waals surface area contributed by atoms with Gasteiger partial charge in [-0.2, -0.15) is 0 Å². The van der Waals surface area contributed by atoms with E-state index in [-0.39, 0.29) is 18.1 Å². The Bertz CT molecular complexity index is 719. The van der Waals surface area contributed by atoms with Gasteiger partial charge < -0.3 is 10.4 Å². The highest BCUT2D eigenvalue weighted by Crippen LogP contribution is 2.23. The molecule has 0 saturated heterocycles. The molecule has 0 unspecified atom stereocenters. The Morgan fingerprint density at radius 1 is 1.27 bits per heavy atom. The highest BCUT2D eigenvalue weighted by Gasteiger charge is 2.21. The van der Waals surface area contributed by atoms with Gasteiger partial charge in [-0.15, -0.1) is 0 Å². The van der Waals surface area contributed by atoms with Crippen molar-refractivity contribution in [1.29, 1.82) is 0 Å². The van der Waals surface area contributed by atoms with Crippen molar-refractivity contribution < 1.29 is 9.90 Å². The van der Waals surface area contributed by atoms with E-state index in [1.54, 1.807) is 6.20 Å². The molecule has 1 saturated carbocycles. The molecule has 140 valence electrons. The maximum Gasteiger partial charge on any atom is 0.230 e. The van der Waals surface area contributed by atoms with E-state index in [1.165, 1.54) is 17.3 Å². The average Bonchev–Trinajstić information content (AvgIpc) is 3.10. The molecule has 0 spiro atoms. The van der Waals surface area contributed by atoms with Gasteiger partial charge >= 0.3 is 0 Å². The molecule has 26 heavy (non-hydrogen) atoms. The third kappa shape index (κ3) is 4.89. The molecule has 5 nitrogen and oxygen atoms in total. The second kappa shape index (κ2) is 8.73.